The molecule has 0 saturated heterocycles. The molecule has 0 amide bonds. The summed E-state index contributed by atoms with van der Waals surface area (Å²) in [6.07, 6.45) is -13.9. The molecule has 22 heavy (non-hydrogen) atoms. The first-order valence-corrected chi connectivity index (χ1v) is 5.14. The first-order valence-electron chi connectivity index (χ1n) is 5.14. The maximum atomic E-state index is 12.7. The van der Waals surface area contributed by atoms with E-state index in [-0.39, 0.29) is 6.07 Å². The van der Waals surface area contributed by atoms with Crippen molar-refractivity contribution in [1.29, 1.82) is 0 Å². The predicted molar refractivity (Wildman–Crippen MR) is 55.7 cm³/mol. The van der Waals surface area contributed by atoms with Crippen LogP contribution in [0.15, 0.2) is 12.1 Å². The number of aliphatic hydroxyl groups is 1. The van der Waals surface area contributed by atoms with Crippen molar-refractivity contribution in [3.8, 4) is 0 Å². The fourth-order valence-electron chi connectivity index (χ4n) is 1.58. The van der Waals surface area contributed by atoms with Crippen molar-refractivity contribution in [2.24, 2.45) is 0 Å². The van der Waals surface area contributed by atoms with Gasteiger partial charge in [0.2, 0.25) is 0 Å². The zero-order valence-corrected chi connectivity index (χ0v) is 10.1. The highest BCUT2D eigenvalue weighted by atomic mass is 19.4. The second kappa shape index (κ2) is 5.44. The number of benzene rings is 1. The van der Waals surface area contributed by atoms with Crippen LogP contribution in [0, 0.1) is 10.1 Å². The molecular weight excluding hydrogens is 328 g/mol. The summed E-state index contributed by atoms with van der Waals surface area (Å²) < 4.78 is 75.8. The number of aliphatic hydroxyl groups excluding tert-OH is 1. The summed E-state index contributed by atoms with van der Waals surface area (Å²) in [4.78, 5) is 19.7. The third-order valence-corrected chi connectivity index (χ3v) is 2.50. The molecule has 1 aromatic rings. The van der Waals surface area contributed by atoms with Crippen LogP contribution in [0.3, 0.4) is 0 Å². The van der Waals surface area contributed by atoms with Crippen molar-refractivity contribution in [3.05, 3.63) is 38.9 Å². The lowest BCUT2D eigenvalue weighted by molar-refractivity contribution is -0.386. The molecule has 2 N–H and O–H groups in total. The number of halogens is 6. The molecule has 0 aliphatic carbocycles. The number of alkyl halides is 6. The minimum absolute atomic E-state index is 0.389. The van der Waals surface area contributed by atoms with Gasteiger partial charge in [0, 0.05) is 6.07 Å². The number of carboxylic acid groups (broad SMARTS) is 1. The molecule has 0 aliphatic heterocycles. The first-order chi connectivity index (χ1) is 9.76. The summed E-state index contributed by atoms with van der Waals surface area (Å²) in [5.74, 6) is -2.16. The van der Waals surface area contributed by atoms with Crippen molar-refractivity contribution in [2.75, 3.05) is 0 Å². The molecule has 1 aromatic carbocycles. The number of hydrogen-bond donors (Lipinski definition) is 2. The fourth-order valence-corrected chi connectivity index (χ4v) is 1.58. The lowest BCUT2D eigenvalue weighted by Crippen LogP contribution is -2.20. The van der Waals surface area contributed by atoms with E-state index in [0.29, 0.717) is 0 Å². The number of aliphatic carboxylic acids is 1. The molecule has 0 fully saturated rings. The smallest absolute Gasteiger partial charge is 0.417 e. The second-order valence-electron chi connectivity index (χ2n) is 3.95. The molecule has 0 aliphatic rings. The van der Waals surface area contributed by atoms with Crippen LogP contribution in [0.1, 0.15) is 22.8 Å². The van der Waals surface area contributed by atoms with Crippen LogP contribution < -0.4 is 0 Å². The molecule has 0 saturated carbocycles. The van der Waals surface area contributed by atoms with Gasteiger partial charge in [-0.25, -0.2) is 4.79 Å². The normalized spacial score (nSPS) is 13.8. The second-order valence-corrected chi connectivity index (χ2v) is 3.95. The minimum atomic E-state index is -5.57. The monoisotopic (exact) mass is 333 g/mol. The van der Waals surface area contributed by atoms with E-state index in [4.69, 9.17) is 10.2 Å². The van der Waals surface area contributed by atoms with Gasteiger partial charge in [0.15, 0.2) is 6.10 Å². The summed E-state index contributed by atoms with van der Waals surface area (Å²) in [6.45, 7) is 0. The number of rotatable bonds is 3. The van der Waals surface area contributed by atoms with E-state index in [1.54, 1.807) is 0 Å². The lowest BCUT2D eigenvalue weighted by atomic mass is 9.98. The average Bonchev–Trinajstić information content (AvgIpc) is 2.33. The van der Waals surface area contributed by atoms with E-state index in [0.717, 1.165) is 0 Å². The highest BCUT2D eigenvalue weighted by molar-refractivity contribution is 5.76. The maximum absolute atomic E-state index is 12.7. The Morgan fingerprint density at radius 2 is 1.50 bits per heavy atom. The topological polar surface area (TPSA) is 101 Å². The van der Waals surface area contributed by atoms with Gasteiger partial charge < -0.3 is 10.2 Å². The lowest BCUT2D eigenvalue weighted by Gasteiger charge is -2.17. The number of nitrogens with zero attached hydrogens (tertiary/aromatic N) is 1. The molecule has 0 bridgehead atoms. The fraction of sp³-hybridized carbons (Fsp3) is 0.300. The standard InChI is InChI=1S/C10H5F6NO5/c11-9(12,13)4-1-3(7(18)8(19)20)6(17(21)22)2-5(4)10(14,15)16/h1-2,7,18H,(H,19,20). The molecule has 1 unspecified atom stereocenters. The zero-order chi connectivity index (χ0) is 17.5. The minimum Gasteiger partial charge on any atom is -0.479 e. The van der Waals surface area contributed by atoms with Crippen LogP contribution in [0.5, 0.6) is 0 Å². The van der Waals surface area contributed by atoms with E-state index >= 15 is 0 Å². The Morgan fingerprint density at radius 1 is 1.09 bits per heavy atom. The third kappa shape index (κ3) is 3.44. The van der Waals surface area contributed by atoms with Gasteiger partial charge in [0.1, 0.15) is 0 Å². The van der Waals surface area contributed by atoms with Gasteiger partial charge in [0.25, 0.3) is 5.69 Å². The van der Waals surface area contributed by atoms with Crippen molar-refractivity contribution >= 4 is 11.7 Å². The molecule has 1 rings (SSSR count). The molecule has 0 aromatic heterocycles. The van der Waals surface area contributed by atoms with E-state index in [2.05, 4.69) is 0 Å². The Kier molecular flexibility index (Phi) is 4.37. The largest absolute Gasteiger partial charge is 0.479 e. The quantitative estimate of drug-likeness (QED) is 0.503. The van der Waals surface area contributed by atoms with E-state index < -0.39 is 57.8 Å². The summed E-state index contributed by atoms with van der Waals surface area (Å²) in [6, 6.07) is -0.843. The number of carbonyl (C=O) groups is 1. The van der Waals surface area contributed by atoms with Gasteiger partial charge >= 0.3 is 18.3 Å². The molecule has 0 heterocycles. The molecule has 1 atom stereocenters. The Bertz CT molecular complexity index is 623. The molecular formula is C10H5F6NO5. The summed E-state index contributed by atoms with van der Waals surface area (Å²) in [7, 11) is 0. The van der Waals surface area contributed by atoms with Crippen molar-refractivity contribution in [2.45, 2.75) is 18.5 Å². The molecule has 12 heteroatoms. The molecule has 0 radical (unpaired) electrons. The third-order valence-electron chi connectivity index (χ3n) is 2.50. The van der Waals surface area contributed by atoms with E-state index in [1.165, 1.54) is 0 Å². The van der Waals surface area contributed by atoms with Gasteiger partial charge in [-0.2, -0.15) is 26.3 Å². The highest BCUT2D eigenvalue weighted by Gasteiger charge is 2.46. The van der Waals surface area contributed by atoms with Crippen LogP contribution >= 0.6 is 0 Å². The SMILES string of the molecule is O=C(O)C(O)c1cc(C(F)(F)F)c(C(F)(F)F)cc1[N+](=O)[O-]. The first kappa shape index (κ1) is 17.7. The number of carboxylic acids is 1. The van der Waals surface area contributed by atoms with Gasteiger partial charge in [-0.05, 0) is 6.07 Å². The number of nitro benzene ring substituents is 1. The van der Waals surface area contributed by atoms with Crippen LogP contribution in [0.25, 0.3) is 0 Å². The Labute approximate surface area is 116 Å². The predicted octanol–water partition coefficient (Wildman–Crippen LogP) is 2.75. The number of hydrogen-bond acceptors (Lipinski definition) is 4. The van der Waals surface area contributed by atoms with Gasteiger partial charge in [-0.15, -0.1) is 0 Å². The van der Waals surface area contributed by atoms with E-state index in [9.17, 15) is 41.3 Å². The van der Waals surface area contributed by atoms with Crippen LogP contribution in [-0.4, -0.2) is 21.1 Å². The summed E-state index contributed by atoms with van der Waals surface area (Å²) in [5.41, 5.74) is -7.68. The highest BCUT2D eigenvalue weighted by Crippen LogP contribution is 2.44. The van der Waals surface area contributed by atoms with E-state index in [1.807, 2.05) is 0 Å². The molecule has 0 spiro atoms. The Balaban J connectivity index is 3.81. The number of nitro groups is 1. The molecule has 6 nitrogen and oxygen atoms in total. The van der Waals surface area contributed by atoms with Gasteiger partial charge in [0.05, 0.1) is 21.6 Å². The summed E-state index contributed by atoms with van der Waals surface area (Å²) in [5, 5.41) is 28.3. The van der Waals surface area contributed by atoms with Crippen molar-refractivity contribution in [3.63, 3.8) is 0 Å². The molecule has 122 valence electrons. The summed E-state index contributed by atoms with van der Waals surface area (Å²) >= 11 is 0. The Hall–Kier alpha value is -2.37. The van der Waals surface area contributed by atoms with Gasteiger partial charge in [-0.3, -0.25) is 10.1 Å². The van der Waals surface area contributed by atoms with Crippen molar-refractivity contribution in [1.82, 2.24) is 0 Å². The van der Waals surface area contributed by atoms with Crippen LogP contribution in [-0.2, 0) is 17.1 Å². The average molecular weight is 333 g/mol. The Morgan fingerprint density at radius 3 is 1.82 bits per heavy atom. The van der Waals surface area contributed by atoms with Crippen LogP contribution in [0.4, 0.5) is 32.0 Å². The maximum Gasteiger partial charge on any atom is 0.417 e. The zero-order valence-electron chi connectivity index (χ0n) is 10.1. The van der Waals surface area contributed by atoms with Crippen LogP contribution in [0.2, 0.25) is 0 Å². The van der Waals surface area contributed by atoms with Gasteiger partial charge in [-0.1, -0.05) is 0 Å². The van der Waals surface area contributed by atoms with Crippen molar-refractivity contribution < 1.29 is 46.3 Å².